The summed E-state index contributed by atoms with van der Waals surface area (Å²) in [5.74, 6) is 0. The average Bonchev–Trinajstić information content (AvgIpc) is 1.46. The summed E-state index contributed by atoms with van der Waals surface area (Å²) in [5, 5.41) is 3.00. The summed E-state index contributed by atoms with van der Waals surface area (Å²) < 4.78 is 0. The van der Waals surface area contributed by atoms with E-state index >= 15 is 0 Å². The first kappa shape index (κ1) is 4.73. The third kappa shape index (κ3) is 2.73. The van der Waals surface area contributed by atoms with Crippen molar-refractivity contribution in [1.29, 1.82) is 0 Å². The van der Waals surface area contributed by atoms with E-state index in [4.69, 9.17) is 0 Å². The first-order valence-electron chi connectivity index (χ1n) is 1.21. The minimum Gasteiger partial charge on any atom is -1.00 e. The summed E-state index contributed by atoms with van der Waals surface area (Å²) in [6.45, 7) is 2.50. The molecule has 0 aromatic rings. The van der Waals surface area contributed by atoms with Crippen molar-refractivity contribution in [2.75, 3.05) is 13.1 Å². The Labute approximate surface area is 44.9 Å². The van der Waals surface area contributed by atoms with E-state index in [9.17, 15) is 0 Å². The second kappa shape index (κ2) is 1.99. The van der Waals surface area contributed by atoms with Gasteiger partial charge in [-0.2, -0.15) is 0 Å². The third-order valence-corrected chi connectivity index (χ3v) is 0.250. The van der Waals surface area contributed by atoms with Gasteiger partial charge in [0.15, 0.2) is 0 Å². The topological polar surface area (TPSA) is 21.9 Å². The van der Waals surface area contributed by atoms with E-state index in [2.05, 4.69) is 5.32 Å². The predicted octanol–water partition coefficient (Wildman–Crippen LogP) is -0.566. The second-order valence-corrected chi connectivity index (χ2v) is 0.750. The van der Waals surface area contributed by atoms with E-state index in [0.29, 0.717) is 0 Å². The van der Waals surface area contributed by atoms with Crippen LogP contribution in [0.3, 0.4) is 0 Å². The minimum atomic E-state index is 0. The molecule has 1 rings (SSSR count). The van der Waals surface area contributed by atoms with Crippen LogP contribution in [0.2, 0.25) is 0 Å². The minimum absolute atomic E-state index is 0. The van der Waals surface area contributed by atoms with Crippen LogP contribution in [0.15, 0.2) is 0 Å². The SMILES string of the molecule is C1CN1.[H-].[H-].[Mg+2]. The summed E-state index contributed by atoms with van der Waals surface area (Å²) in [6, 6.07) is 0. The molecule has 0 radical (unpaired) electrons. The van der Waals surface area contributed by atoms with Crippen molar-refractivity contribution in [2.45, 2.75) is 0 Å². The molecule has 0 saturated carbocycles. The Bertz CT molecular complexity index is 16.3. The fraction of sp³-hybridized carbons (Fsp3) is 1.00. The summed E-state index contributed by atoms with van der Waals surface area (Å²) in [5.41, 5.74) is 0. The Hall–Kier alpha value is 0.726. The van der Waals surface area contributed by atoms with E-state index < -0.39 is 0 Å². The van der Waals surface area contributed by atoms with E-state index in [1.165, 1.54) is 13.1 Å². The monoisotopic (exact) mass is 69.0 g/mol. The van der Waals surface area contributed by atoms with Crippen LogP contribution in [0.5, 0.6) is 0 Å². The van der Waals surface area contributed by atoms with Crippen molar-refractivity contribution in [3.05, 3.63) is 0 Å². The predicted molar refractivity (Wildman–Crippen MR) is 20.8 cm³/mol. The Morgan fingerprint density at radius 3 is 1.75 bits per heavy atom. The number of rotatable bonds is 0. The molecule has 0 unspecified atom stereocenters. The molecule has 2 heteroatoms. The number of hydrogen-bond donors (Lipinski definition) is 1. The van der Waals surface area contributed by atoms with Crippen molar-refractivity contribution >= 4 is 23.1 Å². The molecule has 1 nitrogen and oxygen atoms in total. The molecule has 22 valence electrons. The molecule has 1 N–H and O–H groups in total. The van der Waals surface area contributed by atoms with Crippen molar-refractivity contribution in [1.82, 2.24) is 5.32 Å². The maximum absolute atomic E-state index is 3.00. The van der Waals surface area contributed by atoms with E-state index in [1.807, 2.05) is 0 Å². The van der Waals surface area contributed by atoms with Gasteiger partial charge in [0.25, 0.3) is 0 Å². The van der Waals surface area contributed by atoms with Crippen LogP contribution in [0.1, 0.15) is 2.85 Å². The third-order valence-electron chi connectivity index (χ3n) is 0.250. The summed E-state index contributed by atoms with van der Waals surface area (Å²) in [4.78, 5) is 0. The van der Waals surface area contributed by atoms with Gasteiger partial charge in [0.1, 0.15) is 0 Å². The molecule has 0 atom stereocenters. The zero-order valence-corrected chi connectivity index (χ0v) is 4.04. The van der Waals surface area contributed by atoms with Crippen LogP contribution in [-0.2, 0) is 0 Å². The molecule has 0 aliphatic carbocycles. The fourth-order valence-corrected chi connectivity index (χ4v) is 0. The molecular weight excluding hydrogens is 62.3 g/mol. The Morgan fingerprint density at radius 2 is 1.75 bits per heavy atom. The van der Waals surface area contributed by atoms with Gasteiger partial charge in [0.2, 0.25) is 0 Å². The first-order chi connectivity index (χ1) is 1.50. The molecule has 1 fully saturated rings. The quantitative estimate of drug-likeness (QED) is 0.299. The standard InChI is InChI=1S/C2H5N.Mg.2H/c1-2-3-1;;;/h3H,1-2H2;;;/q;+2;2*-1. The van der Waals surface area contributed by atoms with Crippen molar-refractivity contribution < 1.29 is 2.85 Å². The average molecular weight is 69.4 g/mol. The summed E-state index contributed by atoms with van der Waals surface area (Å²) >= 11 is 0. The molecular formula is C2H7MgN. The van der Waals surface area contributed by atoms with Crippen LogP contribution in [0, 0.1) is 0 Å². The van der Waals surface area contributed by atoms with Crippen molar-refractivity contribution in [2.24, 2.45) is 0 Å². The Morgan fingerprint density at radius 1 is 1.50 bits per heavy atom. The van der Waals surface area contributed by atoms with Crippen molar-refractivity contribution in [3.63, 3.8) is 0 Å². The molecule has 1 heterocycles. The van der Waals surface area contributed by atoms with E-state index in [0.717, 1.165) is 0 Å². The number of nitrogens with one attached hydrogen (secondary N) is 1. The molecule has 0 amide bonds. The molecule has 0 bridgehead atoms. The smallest absolute Gasteiger partial charge is 1.00 e. The molecule has 1 aliphatic heterocycles. The Balaban J connectivity index is -0.0000000300. The van der Waals surface area contributed by atoms with Crippen LogP contribution in [0.4, 0.5) is 0 Å². The van der Waals surface area contributed by atoms with Gasteiger partial charge in [-0.3, -0.25) is 0 Å². The van der Waals surface area contributed by atoms with Gasteiger partial charge in [0.05, 0.1) is 0 Å². The van der Waals surface area contributed by atoms with Crippen LogP contribution >= 0.6 is 0 Å². The summed E-state index contributed by atoms with van der Waals surface area (Å²) in [6.07, 6.45) is 0. The number of hydrogen-bond acceptors (Lipinski definition) is 1. The van der Waals surface area contributed by atoms with Crippen molar-refractivity contribution in [3.8, 4) is 0 Å². The fourth-order valence-electron chi connectivity index (χ4n) is 0. The molecule has 1 aliphatic rings. The normalized spacial score (nSPS) is 18.0. The maximum atomic E-state index is 3.00. The van der Waals surface area contributed by atoms with E-state index in [1.54, 1.807) is 0 Å². The molecule has 0 spiro atoms. The first-order valence-corrected chi connectivity index (χ1v) is 1.21. The molecule has 0 aromatic carbocycles. The largest absolute Gasteiger partial charge is 2.00 e. The Kier molecular flexibility index (Phi) is 2.36. The molecule has 1 saturated heterocycles. The molecule has 0 aromatic heterocycles. The van der Waals surface area contributed by atoms with Gasteiger partial charge < -0.3 is 8.17 Å². The van der Waals surface area contributed by atoms with Gasteiger partial charge in [-0.1, -0.05) is 0 Å². The van der Waals surface area contributed by atoms with Crippen LogP contribution in [-0.4, -0.2) is 36.1 Å². The zero-order valence-electron chi connectivity index (χ0n) is 4.62. The van der Waals surface area contributed by atoms with E-state index in [-0.39, 0.29) is 25.9 Å². The zero-order chi connectivity index (χ0) is 2.12. The van der Waals surface area contributed by atoms with Crippen LogP contribution in [0.25, 0.3) is 0 Å². The molecule has 4 heavy (non-hydrogen) atoms. The summed E-state index contributed by atoms with van der Waals surface area (Å²) in [7, 11) is 0. The van der Waals surface area contributed by atoms with Gasteiger partial charge in [-0.05, 0) is 0 Å². The van der Waals surface area contributed by atoms with Gasteiger partial charge in [0, 0.05) is 13.1 Å². The van der Waals surface area contributed by atoms with Gasteiger partial charge >= 0.3 is 23.1 Å². The van der Waals surface area contributed by atoms with Gasteiger partial charge in [-0.15, -0.1) is 0 Å². The second-order valence-electron chi connectivity index (χ2n) is 0.750. The maximum Gasteiger partial charge on any atom is 2.00 e. The van der Waals surface area contributed by atoms with Crippen LogP contribution < -0.4 is 5.32 Å². The van der Waals surface area contributed by atoms with Gasteiger partial charge in [-0.25, -0.2) is 0 Å².